The Morgan fingerprint density at radius 3 is 1.83 bits per heavy atom. The van der Waals surface area contributed by atoms with E-state index in [1.165, 1.54) is 5.56 Å². The van der Waals surface area contributed by atoms with E-state index in [0.717, 1.165) is 0 Å². The maximum atomic E-state index is 11.7. The van der Waals surface area contributed by atoms with Gasteiger partial charge in [0, 0.05) is 18.0 Å². The van der Waals surface area contributed by atoms with Gasteiger partial charge in [-0.1, -0.05) is 106 Å². The molecule has 0 saturated carbocycles. The monoisotopic (exact) mass is 667 g/mol. The van der Waals surface area contributed by atoms with Gasteiger partial charge in [-0.15, -0.1) is 5.06 Å². The maximum Gasteiger partial charge on any atom is 0.407 e. The standard InChI is InChI=1S/C14H19NO2.C13H25NO4.C7H15NO2.C2H6/c1-10(2)13-11(3)14(16)17-15(13)9-12-7-5-4-6-8-12;1-8(2)11(9(3)10(16)7-15)14-12(17)18-13(4,5)6;1-4(2)6(8)5(3)7(9)10;1-2/h4-8,10-11,13H,9H2,1-3H3;8-9,11,15H,7H2,1-6H3,(H,14,17);4-6H,8H2,1-3H3,(H,9,10);1-2H3/t11-,13-;9-,11+;5-,6-;/m010./s1. The van der Waals surface area contributed by atoms with E-state index >= 15 is 0 Å². The number of rotatable bonds is 11. The molecule has 0 unspecified atom stereocenters. The number of benzene rings is 1. The Hall–Kier alpha value is -3.02. The van der Waals surface area contributed by atoms with E-state index in [0.29, 0.717) is 12.5 Å². The summed E-state index contributed by atoms with van der Waals surface area (Å²) in [6.45, 7) is 26.7. The number of ketones is 1. The number of aliphatic carboxylic acids is 1. The number of carboxylic acids is 1. The van der Waals surface area contributed by atoms with Gasteiger partial charge in [-0.3, -0.25) is 9.59 Å². The van der Waals surface area contributed by atoms with Gasteiger partial charge in [-0.25, -0.2) is 9.59 Å². The number of ether oxygens (including phenoxy) is 1. The Balaban J connectivity index is 0. The third-order valence-corrected chi connectivity index (χ3v) is 7.63. The predicted octanol–water partition coefficient (Wildman–Crippen LogP) is 6.07. The van der Waals surface area contributed by atoms with Crippen LogP contribution < -0.4 is 11.1 Å². The fraction of sp³-hybridized carbons (Fsp3) is 0.722. The molecule has 1 aliphatic heterocycles. The molecule has 1 aromatic carbocycles. The van der Waals surface area contributed by atoms with Crippen LogP contribution >= 0.6 is 0 Å². The van der Waals surface area contributed by atoms with Crippen LogP contribution in [0.1, 0.15) is 102 Å². The van der Waals surface area contributed by atoms with Gasteiger partial charge < -0.3 is 30.8 Å². The number of nitrogens with two attached hydrogens (primary N) is 1. The normalized spacial score (nSPS) is 18.7. The first-order valence-electron chi connectivity index (χ1n) is 16.8. The first-order chi connectivity index (χ1) is 21.6. The van der Waals surface area contributed by atoms with Crippen LogP contribution in [0.3, 0.4) is 0 Å². The van der Waals surface area contributed by atoms with Crippen molar-refractivity contribution in [1.82, 2.24) is 10.4 Å². The van der Waals surface area contributed by atoms with Crippen LogP contribution in [0.2, 0.25) is 0 Å². The second kappa shape index (κ2) is 22.5. The van der Waals surface area contributed by atoms with Gasteiger partial charge in [-0.2, -0.15) is 0 Å². The summed E-state index contributed by atoms with van der Waals surface area (Å²) in [6.07, 6.45) is -0.543. The number of hydrogen-bond acceptors (Lipinski definition) is 9. The van der Waals surface area contributed by atoms with Gasteiger partial charge in [0.25, 0.3) is 0 Å². The SMILES string of the molecule is CC.CC(C)[C@H](N)[C@H](C)C(=O)O.CC(C)[C@H](NC(=O)OC(C)(C)C)[C@H](C)C(=O)CO.CC(C)[C@H]1[C@H](C)C(=O)ON1Cc1ccccc1. The molecule has 0 aromatic heterocycles. The van der Waals surface area contributed by atoms with Gasteiger partial charge in [0.05, 0.1) is 24.4 Å². The lowest BCUT2D eigenvalue weighted by atomic mass is 9.89. The number of carboxylic acid groups (broad SMARTS) is 1. The van der Waals surface area contributed by atoms with Crippen LogP contribution in [0.4, 0.5) is 4.79 Å². The summed E-state index contributed by atoms with van der Waals surface area (Å²) >= 11 is 0. The number of amides is 1. The van der Waals surface area contributed by atoms with E-state index < -0.39 is 36.1 Å². The average Bonchev–Trinajstić information content (AvgIpc) is 3.27. The van der Waals surface area contributed by atoms with E-state index in [2.05, 4.69) is 19.2 Å². The van der Waals surface area contributed by atoms with E-state index in [9.17, 15) is 19.2 Å². The lowest BCUT2D eigenvalue weighted by molar-refractivity contribution is -0.180. The highest BCUT2D eigenvalue weighted by Gasteiger charge is 2.42. The highest BCUT2D eigenvalue weighted by molar-refractivity contribution is 5.83. The number of carbonyl (C=O) groups is 4. The molecule has 272 valence electrons. The largest absolute Gasteiger partial charge is 0.481 e. The Morgan fingerprint density at radius 2 is 1.47 bits per heavy atom. The second-order valence-electron chi connectivity index (χ2n) is 13.8. The molecule has 2 rings (SSSR count). The summed E-state index contributed by atoms with van der Waals surface area (Å²) in [6, 6.07) is 9.67. The van der Waals surface area contributed by atoms with Gasteiger partial charge in [-0.05, 0) is 44.1 Å². The Kier molecular flexibility index (Phi) is 22.1. The molecular formula is C36H65N3O8. The molecule has 6 atom stereocenters. The van der Waals surface area contributed by atoms with Crippen molar-refractivity contribution in [3.63, 3.8) is 0 Å². The first-order valence-corrected chi connectivity index (χ1v) is 16.8. The molecule has 0 radical (unpaired) electrons. The number of carbonyl (C=O) groups excluding carboxylic acids is 3. The van der Waals surface area contributed by atoms with Crippen molar-refractivity contribution in [1.29, 1.82) is 0 Å². The minimum Gasteiger partial charge on any atom is -0.481 e. The molecule has 0 aliphatic carbocycles. The van der Waals surface area contributed by atoms with Crippen molar-refractivity contribution >= 4 is 23.8 Å². The number of aliphatic hydroxyl groups is 1. The van der Waals surface area contributed by atoms with Crippen molar-refractivity contribution in [2.24, 2.45) is 41.2 Å². The Bertz CT molecular complexity index is 1060. The number of nitrogens with one attached hydrogen (secondary N) is 1. The molecule has 1 aliphatic rings. The highest BCUT2D eigenvalue weighted by Crippen LogP contribution is 2.29. The summed E-state index contributed by atoms with van der Waals surface area (Å²) in [5.74, 6) is -1.44. The third kappa shape index (κ3) is 17.6. The number of Topliss-reactive ketones (excluding diaryl/α,β-unsaturated/α-hetero) is 1. The molecule has 5 N–H and O–H groups in total. The molecule has 1 aromatic rings. The van der Waals surface area contributed by atoms with Gasteiger partial charge in [0.1, 0.15) is 12.2 Å². The Morgan fingerprint density at radius 1 is 0.957 bits per heavy atom. The van der Waals surface area contributed by atoms with Gasteiger partial charge in [0.15, 0.2) is 5.78 Å². The predicted molar refractivity (Wildman–Crippen MR) is 186 cm³/mol. The quantitative estimate of drug-likeness (QED) is 0.217. The van der Waals surface area contributed by atoms with Crippen molar-refractivity contribution in [3.8, 4) is 0 Å². The van der Waals surface area contributed by atoms with Crippen LogP contribution in [0.15, 0.2) is 30.3 Å². The second-order valence-corrected chi connectivity index (χ2v) is 13.8. The van der Waals surface area contributed by atoms with Crippen LogP contribution in [0.25, 0.3) is 0 Å². The van der Waals surface area contributed by atoms with Crippen LogP contribution in [-0.2, 0) is 30.5 Å². The fourth-order valence-electron chi connectivity index (χ4n) is 4.86. The minimum atomic E-state index is -0.818. The first kappa shape index (κ1) is 46.1. The summed E-state index contributed by atoms with van der Waals surface area (Å²) in [4.78, 5) is 50.5. The number of alkyl carbamates (subject to hydrolysis) is 1. The molecule has 1 saturated heterocycles. The molecule has 11 heteroatoms. The van der Waals surface area contributed by atoms with Crippen molar-refractivity contribution in [3.05, 3.63) is 35.9 Å². The maximum absolute atomic E-state index is 11.7. The van der Waals surface area contributed by atoms with Crippen LogP contribution in [0.5, 0.6) is 0 Å². The molecule has 1 heterocycles. The zero-order chi connectivity index (χ0) is 37.2. The molecule has 0 spiro atoms. The lowest BCUT2D eigenvalue weighted by Gasteiger charge is -2.29. The minimum absolute atomic E-state index is 0.0429. The molecule has 11 nitrogen and oxygen atoms in total. The fourth-order valence-corrected chi connectivity index (χ4v) is 4.86. The van der Waals surface area contributed by atoms with Crippen molar-refractivity contribution < 1.29 is 39.0 Å². The average molecular weight is 668 g/mol. The molecule has 1 amide bonds. The number of nitrogens with zero attached hydrogens (tertiary/aromatic N) is 1. The van der Waals surface area contributed by atoms with Crippen LogP contribution in [-0.4, -0.2) is 69.4 Å². The molecule has 0 bridgehead atoms. The van der Waals surface area contributed by atoms with Gasteiger partial charge >= 0.3 is 18.0 Å². The molecular weight excluding hydrogens is 602 g/mol. The number of aliphatic hydroxyl groups excluding tert-OH is 1. The van der Waals surface area contributed by atoms with Gasteiger partial charge in [0.2, 0.25) is 0 Å². The van der Waals surface area contributed by atoms with E-state index in [-0.39, 0.29) is 47.6 Å². The zero-order valence-corrected chi connectivity index (χ0v) is 31.4. The number of hydrogen-bond donors (Lipinski definition) is 4. The molecule has 47 heavy (non-hydrogen) atoms. The van der Waals surface area contributed by atoms with E-state index in [1.807, 2.05) is 83.9 Å². The molecule has 1 fully saturated rings. The smallest absolute Gasteiger partial charge is 0.407 e. The summed E-state index contributed by atoms with van der Waals surface area (Å²) in [5, 5.41) is 21.9. The zero-order valence-electron chi connectivity index (χ0n) is 31.4. The summed E-state index contributed by atoms with van der Waals surface area (Å²) in [7, 11) is 0. The highest BCUT2D eigenvalue weighted by atomic mass is 16.7. The van der Waals surface area contributed by atoms with E-state index in [4.69, 9.17) is 25.5 Å². The van der Waals surface area contributed by atoms with Crippen LogP contribution in [0, 0.1) is 35.5 Å². The number of hydroxylamine groups is 2. The Labute approximate surface area is 283 Å². The van der Waals surface area contributed by atoms with E-state index in [1.54, 1.807) is 34.6 Å². The summed E-state index contributed by atoms with van der Waals surface area (Å²) in [5.41, 5.74) is 6.17. The van der Waals surface area contributed by atoms with Crippen molar-refractivity contribution in [2.45, 2.75) is 127 Å². The third-order valence-electron chi connectivity index (χ3n) is 7.63. The van der Waals surface area contributed by atoms with Crippen molar-refractivity contribution in [2.75, 3.05) is 6.61 Å². The topological polar surface area (TPSA) is 168 Å². The lowest BCUT2D eigenvalue weighted by Crippen LogP contribution is -2.47. The summed E-state index contributed by atoms with van der Waals surface area (Å²) < 4.78 is 5.16.